The van der Waals surface area contributed by atoms with Gasteiger partial charge in [-0.3, -0.25) is 0 Å². The highest BCUT2D eigenvalue weighted by Crippen LogP contribution is 2.24. The van der Waals surface area contributed by atoms with E-state index in [4.69, 9.17) is 11.6 Å². The van der Waals surface area contributed by atoms with Crippen LogP contribution in [0.15, 0.2) is 0 Å². The van der Waals surface area contributed by atoms with Gasteiger partial charge in [0.25, 0.3) is 0 Å². The predicted octanol–water partition coefficient (Wildman–Crippen LogP) is 1.97. The minimum absolute atomic E-state index is 0.0926. The number of hydrogen-bond donors (Lipinski definition) is 0. The van der Waals surface area contributed by atoms with Crippen LogP contribution in [-0.2, 0) is 9.84 Å². The second-order valence-corrected chi connectivity index (χ2v) is 6.09. The summed E-state index contributed by atoms with van der Waals surface area (Å²) in [5.41, 5.74) is 0. The second-order valence-electron chi connectivity index (χ2n) is 3.32. The lowest BCUT2D eigenvalue weighted by Crippen LogP contribution is -2.26. The van der Waals surface area contributed by atoms with Crippen LogP contribution in [-0.4, -0.2) is 25.3 Å². The van der Waals surface area contributed by atoms with Crippen molar-refractivity contribution in [3.05, 3.63) is 0 Å². The summed E-state index contributed by atoms with van der Waals surface area (Å²) in [5.74, 6) is 0.387. The van der Waals surface area contributed by atoms with Crippen LogP contribution in [0, 0.1) is 0 Å². The maximum atomic E-state index is 11.5. The summed E-state index contributed by atoms with van der Waals surface area (Å²) in [6.07, 6.45) is 5.00. The Morgan fingerprint density at radius 3 is 2.25 bits per heavy atom. The summed E-state index contributed by atoms with van der Waals surface area (Å²) in [6.45, 7) is 0. The summed E-state index contributed by atoms with van der Waals surface area (Å²) >= 11 is 5.43. The first-order chi connectivity index (χ1) is 5.67. The minimum Gasteiger partial charge on any atom is -0.229 e. The molecule has 0 radical (unpaired) electrons. The van der Waals surface area contributed by atoms with E-state index >= 15 is 0 Å². The van der Waals surface area contributed by atoms with Crippen molar-refractivity contribution in [2.75, 3.05) is 11.6 Å². The number of alkyl halides is 1. The standard InChI is InChI=1S/C8H15ClO2S/c9-6-7-12(10,11)8-4-2-1-3-5-8/h8H,1-7H2. The van der Waals surface area contributed by atoms with Gasteiger partial charge in [0.1, 0.15) is 0 Å². The molecule has 0 N–H and O–H groups in total. The van der Waals surface area contributed by atoms with Gasteiger partial charge >= 0.3 is 0 Å². The highest BCUT2D eigenvalue weighted by Gasteiger charge is 2.26. The quantitative estimate of drug-likeness (QED) is 0.668. The summed E-state index contributed by atoms with van der Waals surface area (Å²) in [5, 5.41) is -0.0926. The fraction of sp³-hybridized carbons (Fsp3) is 1.00. The first-order valence-corrected chi connectivity index (χ1v) is 6.69. The summed E-state index contributed by atoms with van der Waals surface area (Å²) < 4.78 is 23.0. The van der Waals surface area contributed by atoms with Crippen molar-refractivity contribution in [3.63, 3.8) is 0 Å². The molecule has 0 unspecified atom stereocenters. The first kappa shape index (κ1) is 10.3. The van der Waals surface area contributed by atoms with Crippen molar-refractivity contribution in [1.82, 2.24) is 0 Å². The summed E-state index contributed by atoms with van der Waals surface area (Å²) in [4.78, 5) is 0. The van der Waals surface area contributed by atoms with E-state index in [2.05, 4.69) is 0 Å². The molecule has 2 nitrogen and oxygen atoms in total. The van der Waals surface area contributed by atoms with Gasteiger partial charge in [-0.05, 0) is 12.8 Å². The van der Waals surface area contributed by atoms with Crippen molar-refractivity contribution in [2.45, 2.75) is 37.4 Å². The van der Waals surface area contributed by atoms with E-state index in [9.17, 15) is 8.42 Å². The SMILES string of the molecule is O=S(=O)(CCCl)C1CCCCC1. The van der Waals surface area contributed by atoms with E-state index in [1.807, 2.05) is 0 Å². The van der Waals surface area contributed by atoms with E-state index in [0.29, 0.717) is 0 Å². The monoisotopic (exact) mass is 210 g/mol. The highest BCUT2D eigenvalue weighted by molar-refractivity contribution is 7.92. The van der Waals surface area contributed by atoms with Crippen molar-refractivity contribution < 1.29 is 8.42 Å². The van der Waals surface area contributed by atoms with E-state index < -0.39 is 9.84 Å². The Balaban J connectivity index is 2.54. The normalized spacial score (nSPS) is 21.1. The molecular formula is C8H15ClO2S. The number of halogens is 1. The number of rotatable bonds is 3. The maximum Gasteiger partial charge on any atom is 0.154 e. The molecular weight excluding hydrogens is 196 g/mol. The largest absolute Gasteiger partial charge is 0.229 e. The molecule has 4 heteroatoms. The average Bonchev–Trinajstić information content (AvgIpc) is 2.06. The molecule has 0 aromatic rings. The molecule has 12 heavy (non-hydrogen) atoms. The van der Waals surface area contributed by atoms with Crippen LogP contribution in [0.1, 0.15) is 32.1 Å². The Hall–Kier alpha value is 0.240. The van der Waals surface area contributed by atoms with Crippen LogP contribution in [0.5, 0.6) is 0 Å². The van der Waals surface area contributed by atoms with Crippen LogP contribution >= 0.6 is 11.6 Å². The summed E-state index contributed by atoms with van der Waals surface area (Å²) in [7, 11) is -2.87. The lowest BCUT2D eigenvalue weighted by Gasteiger charge is -2.20. The van der Waals surface area contributed by atoms with Crippen molar-refractivity contribution in [1.29, 1.82) is 0 Å². The summed E-state index contributed by atoms with van der Waals surface area (Å²) in [6, 6.07) is 0. The molecule has 1 aliphatic rings. The zero-order valence-corrected chi connectivity index (χ0v) is 8.70. The third-order valence-corrected chi connectivity index (χ3v) is 5.10. The maximum absolute atomic E-state index is 11.5. The molecule has 0 aromatic heterocycles. The first-order valence-electron chi connectivity index (χ1n) is 4.44. The molecule has 0 saturated heterocycles. The molecule has 72 valence electrons. The Morgan fingerprint density at radius 2 is 1.75 bits per heavy atom. The van der Waals surface area contributed by atoms with E-state index in [1.165, 1.54) is 6.42 Å². The average molecular weight is 211 g/mol. The minimum atomic E-state index is -2.87. The van der Waals surface area contributed by atoms with Gasteiger partial charge in [0, 0.05) is 5.88 Å². The molecule has 0 amide bonds. The predicted molar refractivity (Wildman–Crippen MR) is 51.4 cm³/mol. The molecule has 0 aliphatic heterocycles. The lowest BCUT2D eigenvalue weighted by molar-refractivity contribution is 0.484. The van der Waals surface area contributed by atoms with Gasteiger partial charge in [0.2, 0.25) is 0 Å². The molecule has 0 spiro atoms. The number of hydrogen-bond acceptors (Lipinski definition) is 2. The molecule has 0 atom stereocenters. The highest BCUT2D eigenvalue weighted by atomic mass is 35.5. The topological polar surface area (TPSA) is 34.1 Å². The zero-order chi connectivity index (χ0) is 9.03. The fourth-order valence-corrected chi connectivity index (χ4v) is 3.94. The van der Waals surface area contributed by atoms with Crippen LogP contribution in [0.25, 0.3) is 0 Å². The van der Waals surface area contributed by atoms with Gasteiger partial charge in [0.15, 0.2) is 9.84 Å². The molecule has 0 bridgehead atoms. The molecule has 1 aliphatic carbocycles. The van der Waals surface area contributed by atoms with Gasteiger partial charge in [-0.2, -0.15) is 0 Å². The fourth-order valence-electron chi connectivity index (χ4n) is 1.70. The third-order valence-electron chi connectivity index (χ3n) is 2.42. The van der Waals surface area contributed by atoms with Crippen LogP contribution < -0.4 is 0 Å². The van der Waals surface area contributed by atoms with Crippen molar-refractivity contribution >= 4 is 21.4 Å². The lowest BCUT2D eigenvalue weighted by atomic mass is 10.0. The van der Waals surface area contributed by atoms with Gasteiger partial charge < -0.3 is 0 Å². The smallest absolute Gasteiger partial charge is 0.154 e. The molecule has 1 fully saturated rings. The van der Waals surface area contributed by atoms with Crippen LogP contribution in [0.2, 0.25) is 0 Å². The van der Waals surface area contributed by atoms with Gasteiger partial charge in [0.05, 0.1) is 11.0 Å². The third kappa shape index (κ3) is 2.63. The van der Waals surface area contributed by atoms with E-state index in [1.54, 1.807) is 0 Å². The van der Waals surface area contributed by atoms with E-state index in [-0.39, 0.29) is 16.9 Å². The van der Waals surface area contributed by atoms with E-state index in [0.717, 1.165) is 25.7 Å². The van der Waals surface area contributed by atoms with Gasteiger partial charge in [-0.25, -0.2) is 8.42 Å². The second kappa shape index (κ2) is 4.47. The van der Waals surface area contributed by atoms with Gasteiger partial charge in [-0.15, -0.1) is 11.6 Å². The Labute approximate surface area is 79.2 Å². The zero-order valence-electron chi connectivity index (χ0n) is 7.13. The Morgan fingerprint density at radius 1 is 1.17 bits per heavy atom. The Bertz CT molecular complexity index is 217. The Kier molecular flexibility index (Phi) is 3.84. The van der Waals surface area contributed by atoms with Crippen LogP contribution in [0.3, 0.4) is 0 Å². The van der Waals surface area contributed by atoms with Crippen molar-refractivity contribution in [3.8, 4) is 0 Å². The molecule has 1 saturated carbocycles. The van der Waals surface area contributed by atoms with Crippen LogP contribution in [0.4, 0.5) is 0 Å². The van der Waals surface area contributed by atoms with Crippen molar-refractivity contribution in [2.24, 2.45) is 0 Å². The molecule has 1 rings (SSSR count). The molecule has 0 heterocycles. The van der Waals surface area contributed by atoms with Gasteiger partial charge in [-0.1, -0.05) is 19.3 Å². The molecule has 0 aromatic carbocycles. The number of sulfone groups is 1.